The van der Waals surface area contributed by atoms with Gasteiger partial charge in [0, 0.05) is 0 Å². The molecule has 0 bridgehead atoms. The molecule has 0 saturated carbocycles. The Morgan fingerprint density at radius 3 is 1.70 bits per heavy atom. The molecule has 0 aromatic carbocycles. The smallest absolute Gasteiger partial charge is 0.243 e. The number of carbonyl (C=O) groups is 6. The lowest BCUT2D eigenvalue weighted by molar-refractivity contribution is -0.133. The molecule has 0 spiro atoms. The van der Waals surface area contributed by atoms with Crippen molar-refractivity contribution in [3.05, 3.63) is 0 Å². The summed E-state index contributed by atoms with van der Waals surface area (Å²) < 4.78 is 0. The van der Waals surface area contributed by atoms with Crippen molar-refractivity contribution >= 4 is 35.4 Å². The molecule has 0 fully saturated rings. The SMILES string of the molecule is C[C@H](N)C(=O)N[C@@H](C)C(=O)N[C@@H](CCCCN)C(=O)NCC(=O)NCC(=O)N[C@@H](CCCCN)C(N)=O. The van der Waals surface area contributed by atoms with Gasteiger partial charge in [-0.3, -0.25) is 28.8 Å². The third kappa shape index (κ3) is 15.4. The normalized spacial score (nSPS) is 13.9. The molecule has 0 aliphatic rings. The molecule has 15 heteroatoms. The van der Waals surface area contributed by atoms with Crippen LogP contribution in [-0.2, 0) is 28.8 Å². The maximum absolute atomic E-state index is 12.6. The lowest BCUT2D eigenvalue weighted by Gasteiger charge is -2.21. The standard InChI is InChI=1S/C22H43N9O6/c1-13(25)20(35)29-14(2)21(36)31-16(8-4-6-10-24)22(37)28-11-17(32)27-12-18(33)30-15(19(26)34)7-3-5-9-23/h13-16H,3-12,23-25H2,1-2H3,(H2,26,34)(H,27,32)(H,28,37)(H,29,35)(H,30,33)(H,31,36)/t13-,14-,15-,16-/m0/s1. The molecule has 0 aliphatic carbocycles. The Hall–Kier alpha value is -3.30. The van der Waals surface area contributed by atoms with Crippen molar-refractivity contribution in [3.8, 4) is 0 Å². The minimum absolute atomic E-state index is 0.255. The van der Waals surface area contributed by atoms with E-state index in [2.05, 4.69) is 26.6 Å². The highest BCUT2D eigenvalue weighted by molar-refractivity contribution is 5.94. The van der Waals surface area contributed by atoms with Crippen LogP contribution in [0.2, 0.25) is 0 Å². The molecule has 212 valence electrons. The lowest BCUT2D eigenvalue weighted by Crippen LogP contribution is -2.55. The quantitative estimate of drug-likeness (QED) is 0.0732. The first-order valence-corrected chi connectivity index (χ1v) is 12.3. The van der Waals surface area contributed by atoms with Gasteiger partial charge < -0.3 is 49.5 Å². The summed E-state index contributed by atoms with van der Waals surface area (Å²) in [6.45, 7) is 2.88. The van der Waals surface area contributed by atoms with Crippen LogP contribution in [0.15, 0.2) is 0 Å². The van der Waals surface area contributed by atoms with Crippen molar-refractivity contribution in [3.63, 3.8) is 0 Å². The van der Waals surface area contributed by atoms with Crippen LogP contribution in [0.3, 0.4) is 0 Å². The van der Waals surface area contributed by atoms with E-state index in [9.17, 15) is 28.8 Å². The maximum atomic E-state index is 12.6. The highest BCUT2D eigenvalue weighted by Gasteiger charge is 2.25. The van der Waals surface area contributed by atoms with Crippen molar-refractivity contribution in [2.24, 2.45) is 22.9 Å². The Morgan fingerprint density at radius 2 is 1.19 bits per heavy atom. The predicted molar refractivity (Wildman–Crippen MR) is 136 cm³/mol. The highest BCUT2D eigenvalue weighted by atomic mass is 16.2. The van der Waals surface area contributed by atoms with Gasteiger partial charge in [0.05, 0.1) is 19.1 Å². The average Bonchev–Trinajstić information content (AvgIpc) is 2.84. The molecule has 0 rings (SSSR count). The molecule has 0 radical (unpaired) electrons. The molecule has 15 nitrogen and oxygen atoms in total. The third-order valence-electron chi connectivity index (χ3n) is 5.24. The fourth-order valence-corrected chi connectivity index (χ4v) is 3.02. The maximum Gasteiger partial charge on any atom is 0.243 e. The van der Waals surface area contributed by atoms with E-state index in [1.54, 1.807) is 0 Å². The molecule has 13 N–H and O–H groups in total. The number of rotatable bonds is 19. The van der Waals surface area contributed by atoms with Crippen molar-refractivity contribution in [2.45, 2.75) is 76.5 Å². The van der Waals surface area contributed by atoms with Crippen molar-refractivity contribution < 1.29 is 28.8 Å². The summed E-state index contributed by atoms with van der Waals surface area (Å²) in [5.74, 6) is -3.72. The Kier molecular flexibility index (Phi) is 17.2. The molecule has 4 atom stereocenters. The number of hydrogen-bond acceptors (Lipinski definition) is 9. The molecule has 0 saturated heterocycles. The minimum Gasteiger partial charge on any atom is -0.368 e. The fourth-order valence-electron chi connectivity index (χ4n) is 3.02. The molecular weight excluding hydrogens is 486 g/mol. The van der Waals surface area contributed by atoms with Crippen LogP contribution in [0.1, 0.15) is 52.4 Å². The fraction of sp³-hybridized carbons (Fsp3) is 0.727. The highest BCUT2D eigenvalue weighted by Crippen LogP contribution is 2.02. The van der Waals surface area contributed by atoms with Crippen molar-refractivity contribution in [1.29, 1.82) is 0 Å². The number of unbranched alkanes of at least 4 members (excludes halogenated alkanes) is 2. The molecule has 0 heterocycles. The van der Waals surface area contributed by atoms with Gasteiger partial charge in [0.2, 0.25) is 35.4 Å². The van der Waals surface area contributed by atoms with Gasteiger partial charge in [-0.15, -0.1) is 0 Å². The van der Waals surface area contributed by atoms with E-state index in [1.807, 2.05) is 0 Å². The first-order chi connectivity index (χ1) is 17.4. The second-order valence-corrected chi connectivity index (χ2v) is 8.67. The zero-order valence-corrected chi connectivity index (χ0v) is 21.6. The number of nitrogens with one attached hydrogen (secondary N) is 5. The Bertz CT molecular complexity index is 778. The minimum atomic E-state index is -0.977. The molecule has 0 aliphatic heterocycles. The number of primary amides is 1. The number of amides is 6. The third-order valence-corrected chi connectivity index (χ3v) is 5.24. The summed E-state index contributed by atoms with van der Waals surface area (Å²) in [5, 5.41) is 12.2. The first-order valence-electron chi connectivity index (χ1n) is 12.3. The van der Waals surface area contributed by atoms with E-state index in [-0.39, 0.29) is 6.42 Å². The topological polar surface area (TPSA) is 267 Å². The number of carbonyl (C=O) groups excluding carboxylic acids is 6. The van der Waals surface area contributed by atoms with Crippen LogP contribution in [0.4, 0.5) is 0 Å². The van der Waals surface area contributed by atoms with E-state index in [0.29, 0.717) is 45.2 Å². The van der Waals surface area contributed by atoms with Crippen LogP contribution in [0, 0.1) is 0 Å². The van der Waals surface area contributed by atoms with Gasteiger partial charge in [-0.2, -0.15) is 0 Å². The van der Waals surface area contributed by atoms with Crippen LogP contribution in [0.25, 0.3) is 0 Å². The number of hydrogen-bond donors (Lipinski definition) is 9. The molecular formula is C22H43N9O6. The largest absolute Gasteiger partial charge is 0.368 e. The van der Waals surface area contributed by atoms with Gasteiger partial charge in [-0.05, 0) is 65.5 Å². The van der Waals surface area contributed by atoms with E-state index in [4.69, 9.17) is 22.9 Å². The lowest BCUT2D eigenvalue weighted by atomic mass is 10.1. The van der Waals surface area contributed by atoms with E-state index in [1.165, 1.54) is 13.8 Å². The zero-order chi connectivity index (χ0) is 28.4. The molecule has 6 amide bonds. The Morgan fingerprint density at radius 1 is 0.649 bits per heavy atom. The van der Waals surface area contributed by atoms with Gasteiger partial charge in [-0.1, -0.05) is 0 Å². The van der Waals surface area contributed by atoms with E-state index in [0.717, 1.165) is 0 Å². The van der Waals surface area contributed by atoms with Crippen LogP contribution in [0.5, 0.6) is 0 Å². The van der Waals surface area contributed by atoms with Gasteiger partial charge in [0.25, 0.3) is 0 Å². The van der Waals surface area contributed by atoms with Crippen LogP contribution >= 0.6 is 0 Å². The summed E-state index contributed by atoms with van der Waals surface area (Å²) in [4.78, 5) is 72.4. The van der Waals surface area contributed by atoms with Crippen LogP contribution < -0.4 is 49.5 Å². The monoisotopic (exact) mass is 529 g/mol. The summed E-state index contributed by atoms with van der Waals surface area (Å²) >= 11 is 0. The first kappa shape index (κ1) is 33.7. The van der Waals surface area contributed by atoms with E-state index < -0.39 is 72.7 Å². The summed E-state index contributed by atoms with van der Waals surface area (Å²) in [5.41, 5.74) is 21.7. The van der Waals surface area contributed by atoms with Crippen molar-refractivity contribution in [1.82, 2.24) is 26.6 Å². The van der Waals surface area contributed by atoms with Gasteiger partial charge in [-0.25, -0.2) is 0 Å². The molecule has 0 unspecified atom stereocenters. The number of nitrogens with two attached hydrogens (primary N) is 4. The van der Waals surface area contributed by atoms with Crippen LogP contribution in [-0.4, -0.2) is 85.8 Å². The average molecular weight is 530 g/mol. The van der Waals surface area contributed by atoms with Crippen molar-refractivity contribution in [2.75, 3.05) is 26.2 Å². The Balaban J connectivity index is 4.76. The second kappa shape index (κ2) is 18.9. The predicted octanol–water partition coefficient (Wildman–Crippen LogP) is -4.22. The Labute approximate surface area is 216 Å². The van der Waals surface area contributed by atoms with Gasteiger partial charge >= 0.3 is 0 Å². The summed E-state index contributed by atoms with van der Waals surface area (Å²) in [7, 11) is 0. The second-order valence-electron chi connectivity index (χ2n) is 8.67. The summed E-state index contributed by atoms with van der Waals surface area (Å²) in [6, 6.07) is -3.61. The van der Waals surface area contributed by atoms with Gasteiger partial charge in [0.15, 0.2) is 0 Å². The van der Waals surface area contributed by atoms with E-state index >= 15 is 0 Å². The molecule has 0 aromatic rings. The summed E-state index contributed by atoms with van der Waals surface area (Å²) in [6.07, 6.45) is 3.00. The van der Waals surface area contributed by atoms with Gasteiger partial charge in [0.1, 0.15) is 18.1 Å². The zero-order valence-electron chi connectivity index (χ0n) is 21.6. The molecule has 37 heavy (non-hydrogen) atoms. The molecule has 0 aromatic heterocycles.